The van der Waals surface area contributed by atoms with Gasteiger partial charge in [0, 0.05) is 12.1 Å². The Labute approximate surface area is 117 Å². The number of hydrogen-bond acceptors (Lipinski definition) is 1. The third kappa shape index (κ3) is 3.20. The third-order valence-electron chi connectivity index (χ3n) is 4.65. The summed E-state index contributed by atoms with van der Waals surface area (Å²) in [7, 11) is 0. The number of aryl methyl sites for hydroxylation is 2. The lowest BCUT2D eigenvalue weighted by Crippen LogP contribution is -2.31. The number of fused-ring (bicyclic) bond motifs is 1. The van der Waals surface area contributed by atoms with E-state index >= 15 is 0 Å². The molecule has 1 nitrogen and oxygen atoms in total. The maximum atomic E-state index is 3.81. The van der Waals surface area contributed by atoms with Crippen molar-refractivity contribution in [1.82, 2.24) is 5.32 Å². The highest BCUT2D eigenvalue weighted by molar-refractivity contribution is 5.36. The van der Waals surface area contributed by atoms with Gasteiger partial charge in [0.25, 0.3) is 0 Å². The zero-order valence-electron chi connectivity index (χ0n) is 12.6. The molecule has 1 heteroatoms. The zero-order valence-corrected chi connectivity index (χ0v) is 12.6. The first-order chi connectivity index (χ1) is 9.02. The standard InChI is InChI=1S/C18H27N/c1-18(2,3)15-7-4-13-5-8-16(19-17-10-11-17)9-6-14(13)12-15/h4,7,12,16-17,19H,5-6,8-11H2,1-3H3. The molecule has 0 radical (unpaired) electrons. The molecule has 1 atom stereocenters. The van der Waals surface area contributed by atoms with Gasteiger partial charge in [0.1, 0.15) is 0 Å². The first-order valence-electron chi connectivity index (χ1n) is 7.91. The van der Waals surface area contributed by atoms with E-state index in [1.54, 1.807) is 11.1 Å². The molecule has 19 heavy (non-hydrogen) atoms. The summed E-state index contributed by atoms with van der Waals surface area (Å²) in [5.74, 6) is 0. The Kier molecular flexibility index (Phi) is 3.42. The van der Waals surface area contributed by atoms with E-state index in [1.807, 2.05) is 0 Å². The molecule has 2 aliphatic carbocycles. The van der Waals surface area contributed by atoms with Crippen LogP contribution in [0.3, 0.4) is 0 Å². The molecular weight excluding hydrogens is 230 g/mol. The zero-order chi connectivity index (χ0) is 13.5. The Morgan fingerprint density at radius 2 is 1.53 bits per heavy atom. The van der Waals surface area contributed by atoms with E-state index in [1.165, 1.54) is 44.1 Å². The summed E-state index contributed by atoms with van der Waals surface area (Å²) in [6, 6.07) is 8.78. The van der Waals surface area contributed by atoms with E-state index in [-0.39, 0.29) is 5.41 Å². The summed E-state index contributed by atoms with van der Waals surface area (Å²) in [4.78, 5) is 0. The average molecular weight is 257 g/mol. The van der Waals surface area contributed by atoms with Crippen molar-refractivity contribution >= 4 is 0 Å². The van der Waals surface area contributed by atoms with Gasteiger partial charge in [-0.15, -0.1) is 0 Å². The van der Waals surface area contributed by atoms with Crippen LogP contribution in [0.25, 0.3) is 0 Å². The van der Waals surface area contributed by atoms with Gasteiger partial charge in [-0.1, -0.05) is 39.0 Å². The maximum absolute atomic E-state index is 3.81. The molecule has 1 aromatic carbocycles. The van der Waals surface area contributed by atoms with Crippen LogP contribution in [-0.4, -0.2) is 12.1 Å². The highest BCUT2D eigenvalue weighted by Gasteiger charge is 2.26. The van der Waals surface area contributed by atoms with Crippen molar-refractivity contribution in [3.63, 3.8) is 0 Å². The lowest BCUT2D eigenvalue weighted by atomic mass is 9.84. The third-order valence-corrected chi connectivity index (χ3v) is 4.65. The maximum Gasteiger partial charge on any atom is 0.00759 e. The SMILES string of the molecule is CC(C)(C)c1ccc2c(c1)CCC(NC1CC1)CC2. The van der Waals surface area contributed by atoms with Crippen LogP contribution in [0.5, 0.6) is 0 Å². The second kappa shape index (κ2) is 4.94. The Hall–Kier alpha value is -0.820. The Bertz CT molecular complexity index is 451. The van der Waals surface area contributed by atoms with Gasteiger partial charge >= 0.3 is 0 Å². The summed E-state index contributed by atoms with van der Waals surface area (Å²) < 4.78 is 0. The van der Waals surface area contributed by atoms with Gasteiger partial charge in [0.15, 0.2) is 0 Å². The smallest absolute Gasteiger partial charge is 0.00759 e. The molecule has 2 aliphatic rings. The fourth-order valence-corrected chi connectivity index (χ4v) is 3.12. The summed E-state index contributed by atoms with van der Waals surface area (Å²) in [5.41, 5.74) is 4.95. The highest BCUT2D eigenvalue weighted by Crippen LogP contribution is 2.29. The van der Waals surface area contributed by atoms with Crippen molar-refractivity contribution < 1.29 is 0 Å². The Morgan fingerprint density at radius 3 is 2.16 bits per heavy atom. The molecule has 104 valence electrons. The number of benzene rings is 1. The minimum absolute atomic E-state index is 0.271. The molecule has 0 aliphatic heterocycles. The Balaban J connectivity index is 1.74. The van der Waals surface area contributed by atoms with Gasteiger partial charge in [-0.2, -0.15) is 0 Å². The normalized spacial score (nSPS) is 23.8. The topological polar surface area (TPSA) is 12.0 Å². The molecule has 0 saturated heterocycles. The lowest BCUT2D eigenvalue weighted by molar-refractivity contribution is 0.460. The number of nitrogens with one attached hydrogen (secondary N) is 1. The van der Waals surface area contributed by atoms with E-state index in [4.69, 9.17) is 0 Å². The minimum Gasteiger partial charge on any atom is -0.311 e. The molecule has 0 spiro atoms. The van der Waals surface area contributed by atoms with Crippen LogP contribution in [0.15, 0.2) is 18.2 Å². The average Bonchev–Trinajstić information content (AvgIpc) is 3.16. The summed E-state index contributed by atoms with van der Waals surface area (Å²) in [6.45, 7) is 6.93. The molecule has 0 aromatic heterocycles. The second-order valence-corrected chi connectivity index (χ2v) is 7.45. The summed E-state index contributed by atoms with van der Waals surface area (Å²) in [5, 5.41) is 3.81. The first kappa shape index (κ1) is 13.2. The summed E-state index contributed by atoms with van der Waals surface area (Å²) >= 11 is 0. The molecule has 0 bridgehead atoms. The quantitative estimate of drug-likeness (QED) is 0.790. The van der Waals surface area contributed by atoms with E-state index in [2.05, 4.69) is 44.3 Å². The predicted molar refractivity (Wildman–Crippen MR) is 81.7 cm³/mol. The highest BCUT2D eigenvalue weighted by atomic mass is 15.0. The molecule has 1 N–H and O–H groups in total. The van der Waals surface area contributed by atoms with Gasteiger partial charge in [-0.3, -0.25) is 0 Å². The lowest BCUT2D eigenvalue weighted by Gasteiger charge is -2.21. The number of rotatable bonds is 2. The van der Waals surface area contributed by atoms with Crippen LogP contribution in [0.2, 0.25) is 0 Å². The molecule has 0 amide bonds. The van der Waals surface area contributed by atoms with Crippen LogP contribution in [0.4, 0.5) is 0 Å². The largest absolute Gasteiger partial charge is 0.311 e. The molecule has 1 unspecified atom stereocenters. The molecule has 1 aromatic rings. The molecule has 1 saturated carbocycles. The molecule has 0 heterocycles. The minimum atomic E-state index is 0.271. The summed E-state index contributed by atoms with van der Waals surface area (Å²) in [6.07, 6.45) is 7.94. The number of hydrogen-bond donors (Lipinski definition) is 1. The molecular formula is C18H27N. The second-order valence-electron chi connectivity index (χ2n) is 7.45. The first-order valence-corrected chi connectivity index (χ1v) is 7.91. The van der Waals surface area contributed by atoms with E-state index in [0.717, 1.165) is 12.1 Å². The van der Waals surface area contributed by atoms with E-state index in [0.29, 0.717) is 0 Å². The van der Waals surface area contributed by atoms with E-state index in [9.17, 15) is 0 Å². The van der Waals surface area contributed by atoms with Crippen LogP contribution in [0, 0.1) is 0 Å². The van der Waals surface area contributed by atoms with Crippen LogP contribution >= 0.6 is 0 Å². The van der Waals surface area contributed by atoms with Crippen molar-refractivity contribution in [2.75, 3.05) is 0 Å². The van der Waals surface area contributed by atoms with Gasteiger partial charge < -0.3 is 5.32 Å². The van der Waals surface area contributed by atoms with Crippen molar-refractivity contribution in [3.05, 3.63) is 34.9 Å². The van der Waals surface area contributed by atoms with Crippen molar-refractivity contribution in [2.45, 2.75) is 76.8 Å². The van der Waals surface area contributed by atoms with Crippen LogP contribution < -0.4 is 5.32 Å². The monoisotopic (exact) mass is 257 g/mol. The molecule has 1 fully saturated rings. The van der Waals surface area contributed by atoms with Gasteiger partial charge in [0.2, 0.25) is 0 Å². The van der Waals surface area contributed by atoms with Crippen molar-refractivity contribution in [1.29, 1.82) is 0 Å². The van der Waals surface area contributed by atoms with Gasteiger partial charge in [-0.05, 0) is 60.6 Å². The van der Waals surface area contributed by atoms with Gasteiger partial charge in [0.05, 0.1) is 0 Å². The Morgan fingerprint density at radius 1 is 0.895 bits per heavy atom. The predicted octanol–water partition coefficient (Wildman–Crippen LogP) is 3.98. The van der Waals surface area contributed by atoms with Gasteiger partial charge in [-0.25, -0.2) is 0 Å². The van der Waals surface area contributed by atoms with Crippen LogP contribution in [0.1, 0.15) is 63.1 Å². The van der Waals surface area contributed by atoms with E-state index < -0.39 is 0 Å². The fraction of sp³-hybridized carbons (Fsp3) is 0.667. The van der Waals surface area contributed by atoms with Crippen molar-refractivity contribution in [3.8, 4) is 0 Å². The van der Waals surface area contributed by atoms with Crippen LogP contribution in [-0.2, 0) is 18.3 Å². The fourth-order valence-electron chi connectivity index (χ4n) is 3.12. The molecule has 3 rings (SSSR count). The van der Waals surface area contributed by atoms with Crippen molar-refractivity contribution in [2.24, 2.45) is 0 Å².